The second kappa shape index (κ2) is 6.27. The SMILES string of the molecule is CCCCOC(=O)COc1c(C)nn(C)c1C. The summed E-state index contributed by atoms with van der Waals surface area (Å²) in [5.41, 5.74) is 1.69. The Morgan fingerprint density at radius 3 is 2.65 bits per heavy atom. The van der Waals surface area contributed by atoms with Gasteiger partial charge < -0.3 is 9.47 Å². The van der Waals surface area contributed by atoms with E-state index in [1.165, 1.54) is 0 Å². The molecular formula is C12H20N2O3. The number of hydrogen-bond donors (Lipinski definition) is 0. The predicted molar refractivity (Wildman–Crippen MR) is 64.0 cm³/mol. The molecule has 0 saturated heterocycles. The van der Waals surface area contributed by atoms with Crippen molar-refractivity contribution >= 4 is 5.97 Å². The van der Waals surface area contributed by atoms with Crippen molar-refractivity contribution in [1.82, 2.24) is 9.78 Å². The highest BCUT2D eigenvalue weighted by atomic mass is 16.6. The lowest BCUT2D eigenvalue weighted by atomic mass is 10.3. The van der Waals surface area contributed by atoms with Gasteiger partial charge in [-0.25, -0.2) is 4.79 Å². The van der Waals surface area contributed by atoms with Crippen molar-refractivity contribution in [3.63, 3.8) is 0 Å². The first kappa shape index (κ1) is 13.5. The van der Waals surface area contributed by atoms with Gasteiger partial charge >= 0.3 is 5.97 Å². The fourth-order valence-electron chi connectivity index (χ4n) is 1.47. The summed E-state index contributed by atoms with van der Waals surface area (Å²) in [6.45, 7) is 6.20. The average Bonchev–Trinajstić information content (AvgIpc) is 2.51. The van der Waals surface area contributed by atoms with E-state index in [1.54, 1.807) is 4.68 Å². The molecule has 0 bridgehead atoms. The van der Waals surface area contributed by atoms with Crippen molar-refractivity contribution in [2.24, 2.45) is 7.05 Å². The largest absolute Gasteiger partial charge is 0.478 e. The lowest BCUT2D eigenvalue weighted by molar-refractivity contribution is -0.146. The lowest BCUT2D eigenvalue weighted by Crippen LogP contribution is -2.16. The van der Waals surface area contributed by atoms with Crippen LogP contribution in [0.3, 0.4) is 0 Å². The summed E-state index contributed by atoms with van der Waals surface area (Å²) in [7, 11) is 1.84. The molecule has 1 aromatic heterocycles. The van der Waals surface area contributed by atoms with Crippen LogP contribution < -0.4 is 4.74 Å². The third-order valence-electron chi connectivity index (χ3n) is 2.54. The Balaban J connectivity index is 2.42. The molecule has 0 aliphatic rings. The molecule has 17 heavy (non-hydrogen) atoms. The van der Waals surface area contributed by atoms with Crippen LogP contribution in [-0.4, -0.2) is 29.0 Å². The van der Waals surface area contributed by atoms with Gasteiger partial charge in [-0.15, -0.1) is 0 Å². The van der Waals surface area contributed by atoms with E-state index in [0.29, 0.717) is 12.4 Å². The van der Waals surface area contributed by atoms with Crippen LogP contribution in [-0.2, 0) is 16.6 Å². The summed E-state index contributed by atoms with van der Waals surface area (Å²) < 4.78 is 12.2. The van der Waals surface area contributed by atoms with Crippen molar-refractivity contribution in [3.8, 4) is 5.75 Å². The summed E-state index contributed by atoms with van der Waals surface area (Å²) in [6, 6.07) is 0. The zero-order valence-corrected chi connectivity index (χ0v) is 10.9. The predicted octanol–water partition coefficient (Wildman–Crippen LogP) is 1.76. The molecule has 0 fully saturated rings. The molecular weight excluding hydrogens is 220 g/mol. The number of nitrogens with zero attached hydrogens (tertiary/aromatic N) is 2. The number of unbranched alkanes of at least 4 members (excludes halogenated alkanes) is 1. The molecule has 1 rings (SSSR count). The fraction of sp³-hybridized carbons (Fsp3) is 0.667. The molecule has 1 aromatic rings. The normalized spacial score (nSPS) is 10.4. The average molecular weight is 240 g/mol. The molecule has 0 spiro atoms. The Hall–Kier alpha value is -1.52. The number of rotatable bonds is 6. The number of carbonyl (C=O) groups is 1. The van der Waals surface area contributed by atoms with E-state index in [1.807, 2.05) is 27.8 Å². The fourth-order valence-corrected chi connectivity index (χ4v) is 1.47. The van der Waals surface area contributed by atoms with Crippen molar-refractivity contribution in [1.29, 1.82) is 0 Å². The Labute approximate surface area is 102 Å². The second-order valence-electron chi connectivity index (χ2n) is 3.99. The molecule has 96 valence electrons. The van der Waals surface area contributed by atoms with E-state index in [0.717, 1.165) is 24.2 Å². The Morgan fingerprint density at radius 2 is 2.12 bits per heavy atom. The van der Waals surface area contributed by atoms with Crippen molar-refractivity contribution in [2.75, 3.05) is 13.2 Å². The summed E-state index contributed by atoms with van der Waals surface area (Å²) in [4.78, 5) is 11.3. The minimum Gasteiger partial charge on any atom is -0.478 e. The lowest BCUT2D eigenvalue weighted by Gasteiger charge is -2.06. The maximum Gasteiger partial charge on any atom is 0.344 e. The van der Waals surface area contributed by atoms with Crippen LogP contribution in [0.1, 0.15) is 31.2 Å². The van der Waals surface area contributed by atoms with Crippen LogP contribution in [0.5, 0.6) is 5.75 Å². The first-order chi connectivity index (χ1) is 8.06. The molecule has 5 heteroatoms. The van der Waals surface area contributed by atoms with Crippen molar-refractivity contribution in [2.45, 2.75) is 33.6 Å². The van der Waals surface area contributed by atoms with E-state index < -0.39 is 0 Å². The van der Waals surface area contributed by atoms with Gasteiger partial charge in [-0.3, -0.25) is 4.68 Å². The third-order valence-corrected chi connectivity index (χ3v) is 2.54. The molecule has 0 unspecified atom stereocenters. The van der Waals surface area contributed by atoms with Crippen LogP contribution in [0.15, 0.2) is 0 Å². The highest BCUT2D eigenvalue weighted by Gasteiger charge is 2.12. The van der Waals surface area contributed by atoms with Gasteiger partial charge in [0, 0.05) is 7.05 Å². The number of aryl methyl sites for hydroxylation is 2. The summed E-state index contributed by atoms with van der Waals surface area (Å²) in [5, 5.41) is 4.20. The highest BCUT2D eigenvalue weighted by molar-refractivity contribution is 5.71. The van der Waals surface area contributed by atoms with Gasteiger partial charge in [-0.1, -0.05) is 13.3 Å². The minimum absolute atomic E-state index is 0.0584. The summed E-state index contributed by atoms with van der Waals surface area (Å²) in [5.74, 6) is 0.334. The Kier molecular flexibility index (Phi) is 5.00. The van der Waals surface area contributed by atoms with Gasteiger partial charge in [-0.05, 0) is 20.3 Å². The van der Waals surface area contributed by atoms with Gasteiger partial charge in [0.05, 0.1) is 12.3 Å². The number of carbonyl (C=O) groups excluding carboxylic acids is 1. The van der Waals surface area contributed by atoms with Gasteiger partial charge in [-0.2, -0.15) is 5.10 Å². The maximum atomic E-state index is 11.3. The first-order valence-corrected chi connectivity index (χ1v) is 5.84. The molecule has 0 atom stereocenters. The van der Waals surface area contributed by atoms with E-state index in [-0.39, 0.29) is 12.6 Å². The summed E-state index contributed by atoms with van der Waals surface area (Å²) >= 11 is 0. The van der Waals surface area contributed by atoms with Gasteiger partial charge in [0.15, 0.2) is 12.4 Å². The van der Waals surface area contributed by atoms with E-state index >= 15 is 0 Å². The second-order valence-corrected chi connectivity index (χ2v) is 3.99. The van der Waals surface area contributed by atoms with Crippen LogP contribution in [0.25, 0.3) is 0 Å². The number of esters is 1. The zero-order valence-electron chi connectivity index (χ0n) is 10.9. The van der Waals surface area contributed by atoms with Crippen LogP contribution >= 0.6 is 0 Å². The topological polar surface area (TPSA) is 53.4 Å². The molecule has 5 nitrogen and oxygen atoms in total. The number of hydrogen-bond acceptors (Lipinski definition) is 4. The molecule has 0 N–H and O–H groups in total. The molecule has 0 radical (unpaired) electrons. The number of ether oxygens (including phenoxy) is 2. The van der Waals surface area contributed by atoms with Gasteiger partial charge in [0.2, 0.25) is 0 Å². The summed E-state index contributed by atoms with van der Waals surface area (Å²) in [6.07, 6.45) is 1.89. The quantitative estimate of drug-likeness (QED) is 0.561. The number of aromatic nitrogens is 2. The zero-order chi connectivity index (χ0) is 12.8. The monoisotopic (exact) mass is 240 g/mol. The molecule has 1 heterocycles. The minimum atomic E-state index is -0.332. The molecule has 0 aliphatic heterocycles. The van der Waals surface area contributed by atoms with Crippen LogP contribution in [0, 0.1) is 13.8 Å². The van der Waals surface area contributed by atoms with Gasteiger partial charge in [0.25, 0.3) is 0 Å². The van der Waals surface area contributed by atoms with E-state index in [9.17, 15) is 4.79 Å². The van der Waals surface area contributed by atoms with E-state index in [4.69, 9.17) is 9.47 Å². The van der Waals surface area contributed by atoms with Crippen molar-refractivity contribution < 1.29 is 14.3 Å². The van der Waals surface area contributed by atoms with Crippen molar-refractivity contribution in [3.05, 3.63) is 11.4 Å². The third kappa shape index (κ3) is 3.76. The molecule has 0 amide bonds. The first-order valence-electron chi connectivity index (χ1n) is 5.84. The molecule has 0 aliphatic carbocycles. The van der Waals surface area contributed by atoms with Crippen LogP contribution in [0.2, 0.25) is 0 Å². The Bertz CT molecular complexity index is 385. The molecule has 0 aromatic carbocycles. The van der Waals surface area contributed by atoms with Crippen LogP contribution in [0.4, 0.5) is 0 Å². The standard InChI is InChI=1S/C12H20N2O3/c1-5-6-7-16-11(15)8-17-12-9(2)13-14(4)10(12)3/h5-8H2,1-4H3. The van der Waals surface area contributed by atoms with E-state index in [2.05, 4.69) is 5.10 Å². The highest BCUT2D eigenvalue weighted by Crippen LogP contribution is 2.21. The smallest absolute Gasteiger partial charge is 0.344 e. The molecule has 0 saturated carbocycles. The van der Waals surface area contributed by atoms with Gasteiger partial charge in [0.1, 0.15) is 5.69 Å². The maximum absolute atomic E-state index is 11.3. The Morgan fingerprint density at radius 1 is 1.41 bits per heavy atom.